The highest BCUT2D eigenvalue weighted by molar-refractivity contribution is 7.89. The van der Waals surface area contributed by atoms with Gasteiger partial charge in [0.1, 0.15) is 5.69 Å². The maximum absolute atomic E-state index is 12.6. The molecule has 0 atom stereocenters. The van der Waals surface area contributed by atoms with Crippen LogP contribution in [0, 0.1) is 0 Å². The zero-order valence-corrected chi connectivity index (χ0v) is 18.1. The van der Waals surface area contributed by atoms with Crippen molar-refractivity contribution in [2.75, 3.05) is 0 Å². The molecule has 0 unspecified atom stereocenters. The number of fused-ring (bicyclic) bond motifs is 1. The van der Waals surface area contributed by atoms with Gasteiger partial charge in [-0.15, -0.1) is 0 Å². The third-order valence-electron chi connectivity index (χ3n) is 4.81. The highest BCUT2D eigenvalue weighted by Gasteiger charge is 2.17. The lowest BCUT2D eigenvalue weighted by Gasteiger charge is -2.10. The van der Waals surface area contributed by atoms with E-state index in [4.69, 9.17) is 4.52 Å². The van der Waals surface area contributed by atoms with E-state index in [1.165, 1.54) is 24.3 Å². The fourth-order valence-electron chi connectivity index (χ4n) is 3.12. The van der Waals surface area contributed by atoms with Gasteiger partial charge in [0.25, 0.3) is 5.91 Å². The van der Waals surface area contributed by atoms with E-state index in [2.05, 4.69) is 20.7 Å². The minimum atomic E-state index is -3.84. The van der Waals surface area contributed by atoms with Crippen molar-refractivity contribution in [2.45, 2.75) is 17.9 Å². The first-order valence-corrected chi connectivity index (χ1v) is 11.5. The Morgan fingerprint density at radius 1 is 0.879 bits per heavy atom. The van der Waals surface area contributed by atoms with Crippen molar-refractivity contribution < 1.29 is 22.5 Å². The molecule has 0 saturated heterocycles. The third-order valence-corrected chi connectivity index (χ3v) is 6.21. The fraction of sp³-hybridized carbons (Fsp3) is 0.0870. The number of carbonyl (C=O) groups excluding carboxylic acids is 2. The predicted molar refractivity (Wildman–Crippen MR) is 120 cm³/mol. The molecule has 0 bridgehead atoms. The van der Waals surface area contributed by atoms with E-state index in [0.717, 1.165) is 5.56 Å². The lowest BCUT2D eigenvalue weighted by molar-refractivity contribution is -0.121. The Morgan fingerprint density at radius 2 is 1.64 bits per heavy atom. The number of hydrogen-bond acceptors (Lipinski definition) is 6. The number of nitrogens with one attached hydrogen (secondary N) is 3. The first-order chi connectivity index (χ1) is 15.9. The first-order valence-electron chi connectivity index (χ1n) is 9.98. The molecule has 1 aromatic heterocycles. The largest absolute Gasteiger partial charge is 0.356 e. The molecule has 10 heteroatoms. The summed E-state index contributed by atoms with van der Waals surface area (Å²) in [5, 5.41) is 4.58. The molecule has 3 N–H and O–H groups in total. The van der Waals surface area contributed by atoms with Gasteiger partial charge in [-0.25, -0.2) is 13.1 Å². The molecule has 0 fully saturated rings. The molecule has 9 nitrogen and oxygen atoms in total. The van der Waals surface area contributed by atoms with Gasteiger partial charge in [0.15, 0.2) is 5.58 Å². The third kappa shape index (κ3) is 5.43. The SMILES string of the molecule is O=C(Cc1noc2ccccc12)NNC(=O)c1cccc(S(=O)(=O)NCc2ccccc2)c1. The lowest BCUT2D eigenvalue weighted by atomic mass is 10.2. The second kappa shape index (κ2) is 9.63. The summed E-state index contributed by atoms with van der Waals surface area (Å²) in [6, 6.07) is 21.7. The summed E-state index contributed by atoms with van der Waals surface area (Å²) in [4.78, 5) is 24.6. The van der Waals surface area contributed by atoms with Gasteiger partial charge < -0.3 is 4.52 Å². The van der Waals surface area contributed by atoms with E-state index < -0.39 is 21.8 Å². The molecule has 3 aromatic carbocycles. The number of rotatable bonds is 7. The van der Waals surface area contributed by atoms with Crippen molar-refractivity contribution in [1.82, 2.24) is 20.7 Å². The van der Waals surface area contributed by atoms with Crippen molar-refractivity contribution in [3.63, 3.8) is 0 Å². The average molecular weight is 465 g/mol. The summed E-state index contributed by atoms with van der Waals surface area (Å²) < 4.78 is 32.9. The molecule has 1 heterocycles. The van der Waals surface area contributed by atoms with E-state index in [0.29, 0.717) is 16.7 Å². The second-order valence-electron chi connectivity index (χ2n) is 7.14. The van der Waals surface area contributed by atoms with Crippen molar-refractivity contribution in [2.24, 2.45) is 0 Å². The molecule has 0 aliphatic rings. The fourth-order valence-corrected chi connectivity index (χ4v) is 4.19. The Hall–Kier alpha value is -4.02. The van der Waals surface area contributed by atoms with Crippen LogP contribution in [0.15, 0.2) is 88.3 Å². The maximum Gasteiger partial charge on any atom is 0.269 e. The second-order valence-corrected chi connectivity index (χ2v) is 8.91. The van der Waals surface area contributed by atoms with Crippen LogP contribution in [-0.2, 0) is 27.8 Å². The molecule has 0 aliphatic carbocycles. The molecule has 0 spiro atoms. The van der Waals surface area contributed by atoms with Crippen LogP contribution in [0.3, 0.4) is 0 Å². The van der Waals surface area contributed by atoms with Crippen LogP contribution >= 0.6 is 0 Å². The van der Waals surface area contributed by atoms with Crippen LogP contribution in [0.2, 0.25) is 0 Å². The van der Waals surface area contributed by atoms with Gasteiger partial charge in [0.2, 0.25) is 15.9 Å². The maximum atomic E-state index is 12.6. The summed E-state index contributed by atoms with van der Waals surface area (Å²) in [5.41, 5.74) is 6.46. The molecule has 4 rings (SSSR count). The zero-order valence-electron chi connectivity index (χ0n) is 17.3. The highest BCUT2D eigenvalue weighted by atomic mass is 32.2. The molecule has 0 aliphatic heterocycles. The minimum absolute atomic E-state index is 0.0634. The molecule has 4 aromatic rings. The highest BCUT2D eigenvalue weighted by Crippen LogP contribution is 2.18. The first kappa shape index (κ1) is 22.2. The molecule has 0 radical (unpaired) electrons. The number of hydrazine groups is 1. The monoisotopic (exact) mass is 464 g/mol. The number of nitrogens with zero attached hydrogens (tertiary/aromatic N) is 1. The van der Waals surface area contributed by atoms with E-state index in [-0.39, 0.29) is 23.4 Å². The van der Waals surface area contributed by atoms with Crippen LogP contribution in [0.1, 0.15) is 21.6 Å². The topological polar surface area (TPSA) is 130 Å². The molecule has 2 amide bonds. The molecule has 0 saturated carbocycles. The Labute approximate surface area is 189 Å². The van der Waals surface area contributed by atoms with Gasteiger partial charge in [0, 0.05) is 17.5 Å². The van der Waals surface area contributed by atoms with Gasteiger partial charge >= 0.3 is 0 Å². The van der Waals surface area contributed by atoms with Crippen molar-refractivity contribution in [1.29, 1.82) is 0 Å². The number of hydrogen-bond donors (Lipinski definition) is 3. The number of amides is 2. The number of benzene rings is 3. The van der Waals surface area contributed by atoms with Crippen molar-refractivity contribution >= 4 is 32.8 Å². The van der Waals surface area contributed by atoms with Crippen molar-refractivity contribution in [3.8, 4) is 0 Å². The number of para-hydroxylation sites is 1. The van der Waals surface area contributed by atoms with Crippen LogP contribution in [0.25, 0.3) is 11.0 Å². The summed E-state index contributed by atoms with van der Waals surface area (Å²) in [5.74, 6) is -1.16. The molecular weight excluding hydrogens is 444 g/mol. The number of carbonyl (C=O) groups is 2. The quantitative estimate of drug-likeness (QED) is 0.360. The summed E-state index contributed by atoms with van der Waals surface area (Å²) >= 11 is 0. The molecule has 168 valence electrons. The zero-order chi connectivity index (χ0) is 23.3. The summed E-state index contributed by atoms with van der Waals surface area (Å²) in [6.45, 7) is 0.117. The van der Waals surface area contributed by atoms with E-state index in [1.54, 1.807) is 36.4 Å². The summed E-state index contributed by atoms with van der Waals surface area (Å²) in [7, 11) is -3.84. The van der Waals surface area contributed by atoms with Gasteiger partial charge in [-0.2, -0.15) is 0 Å². The lowest BCUT2D eigenvalue weighted by Crippen LogP contribution is -2.42. The Balaban J connectivity index is 1.36. The van der Waals surface area contributed by atoms with E-state index in [9.17, 15) is 18.0 Å². The standard InChI is InChI=1S/C23H20N4O5S/c28-22(14-20-19-11-4-5-12-21(19)32-27-20)25-26-23(29)17-9-6-10-18(13-17)33(30,31)24-15-16-7-2-1-3-8-16/h1-13,24H,14-15H2,(H,25,28)(H,26,29). The van der Waals surface area contributed by atoms with Crippen LogP contribution in [0.5, 0.6) is 0 Å². The van der Waals surface area contributed by atoms with Gasteiger partial charge in [-0.05, 0) is 35.9 Å². The smallest absolute Gasteiger partial charge is 0.269 e. The van der Waals surface area contributed by atoms with Crippen LogP contribution in [-0.4, -0.2) is 25.4 Å². The Morgan fingerprint density at radius 3 is 2.45 bits per heavy atom. The van der Waals surface area contributed by atoms with Gasteiger partial charge in [-0.3, -0.25) is 20.4 Å². The van der Waals surface area contributed by atoms with Gasteiger partial charge in [-0.1, -0.05) is 53.7 Å². The van der Waals surface area contributed by atoms with E-state index in [1.807, 2.05) is 18.2 Å². The van der Waals surface area contributed by atoms with Gasteiger partial charge in [0.05, 0.1) is 11.3 Å². The van der Waals surface area contributed by atoms with Crippen LogP contribution in [0.4, 0.5) is 0 Å². The normalized spacial score (nSPS) is 11.3. The number of aromatic nitrogens is 1. The Bertz CT molecular complexity index is 1400. The summed E-state index contributed by atoms with van der Waals surface area (Å²) in [6.07, 6.45) is -0.102. The van der Waals surface area contributed by atoms with Crippen molar-refractivity contribution in [3.05, 3.63) is 95.7 Å². The Kier molecular flexibility index (Phi) is 6.48. The molecule has 33 heavy (non-hydrogen) atoms. The number of sulfonamides is 1. The minimum Gasteiger partial charge on any atom is -0.356 e. The average Bonchev–Trinajstić information content (AvgIpc) is 3.25. The predicted octanol–water partition coefficient (Wildman–Crippen LogP) is 2.31. The molecular formula is C23H20N4O5S. The van der Waals surface area contributed by atoms with Crippen LogP contribution < -0.4 is 15.6 Å². The van der Waals surface area contributed by atoms with E-state index >= 15 is 0 Å².